The molecule has 2 heteroatoms. The van der Waals surface area contributed by atoms with E-state index in [-0.39, 0.29) is 0 Å². The van der Waals surface area contributed by atoms with E-state index in [1.54, 1.807) is 0 Å². The highest BCUT2D eigenvalue weighted by molar-refractivity contribution is 4.87. The van der Waals surface area contributed by atoms with Gasteiger partial charge in [0.1, 0.15) is 0 Å². The van der Waals surface area contributed by atoms with Gasteiger partial charge in [0.05, 0.1) is 0 Å². The molecule has 2 atom stereocenters. The van der Waals surface area contributed by atoms with Crippen LogP contribution >= 0.6 is 0 Å². The number of piperazine rings is 1. The number of rotatable bonds is 3. The van der Waals surface area contributed by atoms with Crippen molar-refractivity contribution in [2.45, 2.75) is 72.4 Å². The minimum absolute atomic E-state index is 0.606. The van der Waals surface area contributed by atoms with Crippen molar-refractivity contribution in [1.29, 1.82) is 0 Å². The molecule has 2 nitrogen and oxygen atoms in total. The topological polar surface area (TPSA) is 6.48 Å². The Morgan fingerprint density at radius 2 is 1.53 bits per heavy atom. The van der Waals surface area contributed by atoms with E-state index in [0.29, 0.717) is 5.41 Å². The smallest absolute Gasteiger partial charge is 0.0198 e. The van der Waals surface area contributed by atoms with Crippen LogP contribution in [0.3, 0.4) is 0 Å². The van der Waals surface area contributed by atoms with Gasteiger partial charge >= 0.3 is 0 Å². The maximum Gasteiger partial charge on any atom is 0.0198 e. The molecule has 2 rings (SSSR count). The molecule has 0 amide bonds. The largest absolute Gasteiger partial charge is 0.301 e. The lowest BCUT2D eigenvalue weighted by atomic mass is 9.73. The predicted octanol–water partition coefficient (Wildman–Crippen LogP) is 3.62. The third-order valence-corrected chi connectivity index (χ3v) is 5.55. The fraction of sp³-hybridized carbons (Fsp3) is 1.00. The molecule has 112 valence electrons. The maximum absolute atomic E-state index is 2.79. The van der Waals surface area contributed by atoms with Gasteiger partial charge in [0.25, 0.3) is 0 Å². The first-order valence-corrected chi connectivity index (χ1v) is 8.39. The molecular weight excluding hydrogens is 232 g/mol. The molecule has 2 aliphatic rings. The van der Waals surface area contributed by atoms with E-state index in [0.717, 1.165) is 18.0 Å². The van der Waals surface area contributed by atoms with Gasteiger partial charge in [0, 0.05) is 31.7 Å². The number of likely N-dealkylation sites (N-methyl/N-ethyl adjacent to an activating group) is 1. The molecule has 1 saturated carbocycles. The highest BCUT2D eigenvalue weighted by Gasteiger charge is 2.33. The van der Waals surface area contributed by atoms with Crippen molar-refractivity contribution in [3.05, 3.63) is 0 Å². The SMILES string of the molecule is CCN1C[C@@H](C)N(CC2CCC(C)(C)CC2)[C@H](C)C1. The van der Waals surface area contributed by atoms with Crippen molar-refractivity contribution < 1.29 is 0 Å². The Balaban J connectivity index is 1.85. The van der Waals surface area contributed by atoms with E-state index < -0.39 is 0 Å². The Kier molecular flexibility index (Phi) is 4.94. The lowest BCUT2D eigenvalue weighted by Gasteiger charge is -2.46. The standard InChI is InChI=1S/C17H34N2/c1-6-18-11-14(2)19(15(3)12-18)13-16-7-9-17(4,5)10-8-16/h14-16H,6-13H2,1-5H3/t14-,15-/m1/s1. The van der Waals surface area contributed by atoms with E-state index in [2.05, 4.69) is 44.4 Å². The zero-order valence-corrected chi connectivity index (χ0v) is 13.8. The molecule has 0 bridgehead atoms. The third kappa shape index (κ3) is 3.95. The fourth-order valence-electron chi connectivity index (χ4n) is 4.02. The molecular formula is C17H34N2. The summed E-state index contributed by atoms with van der Waals surface area (Å²) in [6.07, 6.45) is 5.74. The summed E-state index contributed by atoms with van der Waals surface area (Å²) in [4.78, 5) is 5.39. The highest BCUT2D eigenvalue weighted by Crippen LogP contribution is 2.38. The van der Waals surface area contributed by atoms with Crippen molar-refractivity contribution >= 4 is 0 Å². The zero-order chi connectivity index (χ0) is 14.0. The zero-order valence-electron chi connectivity index (χ0n) is 13.8. The van der Waals surface area contributed by atoms with Crippen molar-refractivity contribution in [2.75, 3.05) is 26.2 Å². The van der Waals surface area contributed by atoms with Crippen LogP contribution in [0.4, 0.5) is 0 Å². The average Bonchev–Trinajstić information content (AvgIpc) is 2.35. The molecule has 0 aromatic carbocycles. The van der Waals surface area contributed by atoms with Crippen LogP contribution in [-0.2, 0) is 0 Å². The van der Waals surface area contributed by atoms with E-state index in [1.807, 2.05) is 0 Å². The first kappa shape index (κ1) is 15.3. The van der Waals surface area contributed by atoms with Crippen molar-refractivity contribution in [3.8, 4) is 0 Å². The van der Waals surface area contributed by atoms with Crippen LogP contribution in [0, 0.1) is 11.3 Å². The van der Waals surface area contributed by atoms with Gasteiger partial charge in [-0.05, 0) is 57.4 Å². The van der Waals surface area contributed by atoms with Crippen LogP contribution in [0.1, 0.15) is 60.3 Å². The molecule has 1 aliphatic carbocycles. The van der Waals surface area contributed by atoms with E-state index >= 15 is 0 Å². The van der Waals surface area contributed by atoms with Gasteiger partial charge in [0.15, 0.2) is 0 Å². The van der Waals surface area contributed by atoms with Crippen LogP contribution in [0.15, 0.2) is 0 Å². The molecule has 0 aromatic rings. The Bertz CT molecular complexity index is 265. The lowest BCUT2D eigenvalue weighted by Crippen LogP contribution is -2.57. The number of hydrogen-bond donors (Lipinski definition) is 0. The monoisotopic (exact) mass is 266 g/mol. The Labute approximate surface area is 120 Å². The summed E-state index contributed by atoms with van der Waals surface area (Å²) in [5.74, 6) is 0.950. The van der Waals surface area contributed by atoms with Gasteiger partial charge in [-0.15, -0.1) is 0 Å². The van der Waals surface area contributed by atoms with Crippen LogP contribution in [0.5, 0.6) is 0 Å². The van der Waals surface area contributed by atoms with E-state index in [1.165, 1.54) is 51.9 Å². The minimum atomic E-state index is 0.606. The van der Waals surface area contributed by atoms with Gasteiger partial charge in [-0.1, -0.05) is 20.8 Å². The molecule has 1 aliphatic heterocycles. The maximum atomic E-state index is 2.79. The number of nitrogens with zero attached hydrogens (tertiary/aromatic N) is 2. The van der Waals surface area contributed by atoms with Crippen molar-refractivity contribution in [2.24, 2.45) is 11.3 Å². The third-order valence-electron chi connectivity index (χ3n) is 5.55. The summed E-state index contributed by atoms with van der Waals surface area (Å²) in [7, 11) is 0. The summed E-state index contributed by atoms with van der Waals surface area (Å²) < 4.78 is 0. The minimum Gasteiger partial charge on any atom is -0.301 e. The summed E-state index contributed by atoms with van der Waals surface area (Å²) in [5, 5.41) is 0. The van der Waals surface area contributed by atoms with Crippen LogP contribution in [0.25, 0.3) is 0 Å². The normalized spacial score (nSPS) is 34.6. The van der Waals surface area contributed by atoms with Crippen LogP contribution in [0.2, 0.25) is 0 Å². The van der Waals surface area contributed by atoms with Crippen molar-refractivity contribution in [1.82, 2.24) is 9.80 Å². The Morgan fingerprint density at radius 1 is 1.00 bits per heavy atom. The Hall–Kier alpha value is -0.0800. The molecule has 1 heterocycles. The summed E-state index contributed by atoms with van der Waals surface area (Å²) in [5.41, 5.74) is 0.606. The molecule has 0 unspecified atom stereocenters. The molecule has 0 aromatic heterocycles. The van der Waals surface area contributed by atoms with E-state index in [9.17, 15) is 0 Å². The molecule has 0 radical (unpaired) electrons. The summed E-state index contributed by atoms with van der Waals surface area (Å²) in [6, 6.07) is 1.47. The lowest BCUT2D eigenvalue weighted by molar-refractivity contribution is 0.0198. The van der Waals surface area contributed by atoms with Crippen molar-refractivity contribution in [3.63, 3.8) is 0 Å². The van der Waals surface area contributed by atoms with Crippen LogP contribution in [-0.4, -0.2) is 48.1 Å². The number of hydrogen-bond acceptors (Lipinski definition) is 2. The second-order valence-corrected chi connectivity index (χ2v) is 7.85. The van der Waals surface area contributed by atoms with Gasteiger partial charge < -0.3 is 4.90 Å². The molecule has 0 N–H and O–H groups in total. The highest BCUT2D eigenvalue weighted by atomic mass is 15.3. The first-order valence-electron chi connectivity index (χ1n) is 8.39. The van der Waals surface area contributed by atoms with E-state index in [4.69, 9.17) is 0 Å². The molecule has 19 heavy (non-hydrogen) atoms. The summed E-state index contributed by atoms with van der Waals surface area (Å²) >= 11 is 0. The molecule has 1 saturated heterocycles. The average molecular weight is 266 g/mol. The Morgan fingerprint density at radius 3 is 2.00 bits per heavy atom. The quantitative estimate of drug-likeness (QED) is 0.770. The van der Waals surface area contributed by atoms with Crippen LogP contribution < -0.4 is 0 Å². The first-order chi connectivity index (χ1) is 8.91. The predicted molar refractivity (Wildman–Crippen MR) is 83.5 cm³/mol. The molecule has 2 fully saturated rings. The van der Waals surface area contributed by atoms with Gasteiger partial charge in [-0.3, -0.25) is 4.90 Å². The van der Waals surface area contributed by atoms with Gasteiger partial charge in [-0.2, -0.15) is 0 Å². The summed E-state index contributed by atoms with van der Waals surface area (Å²) in [6.45, 7) is 17.1. The molecule has 0 spiro atoms. The van der Waals surface area contributed by atoms with Gasteiger partial charge in [-0.25, -0.2) is 0 Å². The second kappa shape index (κ2) is 6.13. The second-order valence-electron chi connectivity index (χ2n) is 7.85. The fourth-order valence-corrected chi connectivity index (χ4v) is 4.02. The van der Waals surface area contributed by atoms with Gasteiger partial charge in [0.2, 0.25) is 0 Å².